The Hall–Kier alpha value is -3.22. The Bertz CT molecular complexity index is 1210. The molecule has 0 aliphatic carbocycles. The van der Waals surface area contributed by atoms with Crippen LogP contribution in [-0.2, 0) is 0 Å². The van der Waals surface area contributed by atoms with Crippen molar-refractivity contribution in [3.8, 4) is 11.3 Å². The molecule has 2 N–H and O–H groups in total. The van der Waals surface area contributed by atoms with Crippen LogP contribution in [0.25, 0.3) is 11.3 Å². The molecule has 0 saturated heterocycles. The van der Waals surface area contributed by atoms with Gasteiger partial charge < -0.3 is 10.6 Å². The number of nitrogens with one attached hydrogen (secondary N) is 2. The first-order valence-corrected chi connectivity index (χ1v) is 10.6. The number of anilines is 3. The standard InChI is InChI=1S/C23H19ClN4OS/c1-14-4-6-18(12-19(14)24)26-22(29)17-5-3-15(2)20(11-17)27-23-28-21(13-30-23)16-7-9-25-10-8-16/h3-13H,1-2H3,(H,26,29)(H,27,28). The van der Waals surface area contributed by atoms with E-state index in [4.69, 9.17) is 11.6 Å². The first kappa shape index (κ1) is 20.1. The lowest BCUT2D eigenvalue weighted by Gasteiger charge is -2.11. The van der Waals surface area contributed by atoms with Crippen LogP contribution in [0.15, 0.2) is 66.3 Å². The highest BCUT2D eigenvalue weighted by atomic mass is 35.5. The van der Waals surface area contributed by atoms with Gasteiger partial charge in [-0.05, 0) is 61.4 Å². The summed E-state index contributed by atoms with van der Waals surface area (Å²) in [5, 5.41) is 9.59. The number of carbonyl (C=O) groups excluding carboxylic acids is 1. The van der Waals surface area contributed by atoms with Crippen LogP contribution in [0.1, 0.15) is 21.5 Å². The van der Waals surface area contributed by atoms with Crippen molar-refractivity contribution in [2.45, 2.75) is 13.8 Å². The summed E-state index contributed by atoms with van der Waals surface area (Å²) < 4.78 is 0. The van der Waals surface area contributed by atoms with E-state index in [1.165, 1.54) is 11.3 Å². The third-order valence-corrected chi connectivity index (χ3v) is 5.82. The van der Waals surface area contributed by atoms with E-state index in [1.54, 1.807) is 24.5 Å². The van der Waals surface area contributed by atoms with Gasteiger partial charge in [0.05, 0.1) is 5.69 Å². The van der Waals surface area contributed by atoms with Crippen molar-refractivity contribution in [2.75, 3.05) is 10.6 Å². The Kier molecular flexibility index (Phi) is 5.79. The van der Waals surface area contributed by atoms with E-state index in [-0.39, 0.29) is 5.91 Å². The van der Waals surface area contributed by atoms with E-state index < -0.39 is 0 Å². The molecule has 30 heavy (non-hydrogen) atoms. The van der Waals surface area contributed by atoms with Crippen LogP contribution in [0.4, 0.5) is 16.5 Å². The zero-order valence-electron chi connectivity index (χ0n) is 16.4. The van der Waals surface area contributed by atoms with Crippen molar-refractivity contribution in [3.63, 3.8) is 0 Å². The molecular weight excluding hydrogens is 416 g/mol. The van der Waals surface area contributed by atoms with Crippen LogP contribution in [-0.4, -0.2) is 15.9 Å². The quantitative estimate of drug-likeness (QED) is 0.377. The van der Waals surface area contributed by atoms with E-state index >= 15 is 0 Å². The van der Waals surface area contributed by atoms with Gasteiger partial charge >= 0.3 is 0 Å². The fraction of sp³-hybridized carbons (Fsp3) is 0.0870. The zero-order valence-corrected chi connectivity index (χ0v) is 18.0. The Morgan fingerprint density at radius 3 is 2.53 bits per heavy atom. The molecule has 2 heterocycles. The molecular formula is C23H19ClN4OS. The smallest absolute Gasteiger partial charge is 0.255 e. The minimum Gasteiger partial charge on any atom is -0.331 e. The van der Waals surface area contributed by atoms with Crippen LogP contribution in [0, 0.1) is 13.8 Å². The highest BCUT2D eigenvalue weighted by Gasteiger charge is 2.11. The van der Waals surface area contributed by atoms with Gasteiger partial charge in [-0.1, -0.05) is 23.7 Å². The van der Waals surface area contributed by atoms with Gasteiger partial charge in [0.15, 0.2) is 5.13 Å². The normalized spacial score (nSPS) is 10.6. The monoisotopic (exact) mass is 434 g/mol. The van der Waals surface area contributed by atoms with Gasteiger partial charge in [0.1, 0.15) is 0 Å². The van der Waals surface area contributed by atoms with Crippen LogP contribution in [0.5, 0.6) is 0 Å². The van der Waals surface area contributed by atoms with Gasteiger partial charge in [0.25, 0.3) is 5.91 Å². The number of carbonyl (C=O) groups is 1. The van der Waals surface area contributed by atoms with E-state index in [0.717, 1.165) is 33.2 Å². The lowest BCUT2D eigenvalue weighted by molar-refractivity contribution is 0.102. The summed E-state index contributed by atoms with van der Waals surface area (Å²) >= 11 is 7.67. The Balaban J connectivity index is 1.52. The van der Waals surface area contributed by atoms with Crippen molar-refractivity contribution in [1.82, 2.24) is 9.97 Å². The van der Waals surface area contributed by atoms with Gasteiger partial charge in [0.2, 0.25) is 0 Å². The van der Waals surface area contributed by atoms with Crippen LogP contribution < -0.4 is 10.6 Å². The molecule has 0 radical (unpaired) electrons. The molecule has 0 fully saturated rings. The van der Waals surface area contributed by atoms with Crippen molar-refractivity contribution in [1.29, 1.82) is 0 Å². The SMILES string of the molecule is Cc1ccc(NC(=O)c2ccc(C)c(Nc3nc(-c4ccncc4)cs3)c2)cc1Cl. The molecule has 0 atom stereocenters. The number of aryl methyl sites for hydroxylation is 2. The van der Waals surface area contributed by atoms with Gasteiger partial charge in [-0.25, -0.2) is 4.98 Å². The summed E-state index contributed by atoms with van der Waals surface area (Å²) in [5.74, 6) is -0.199. The van der Waals surface area contributed by atoms with E-state index in [0.29, 0.717) is 16.3 Å². The maximum Gasteiger partial charge on any atom is 0.255 e. The number of aromatic nitrogens is 2. The molecule has 4 rings (SSSR count). The molecule has 2 aromatic carbocycles. The first-order valence-electron chi connectivity index (χ1n) is 9.31. The number of rotatable bonds is 5. The molecule has 0 aliphatic heterocycles. The van der Waals surface area contributed by atoms with Gasteiger partial charge in [-0.2, -0.15) is 0 Å². The summed E-state index contributed by atoms with van der Waals surface area (Å²) in [6.45, 7) is 3.91. The Labute approximate surface area is 183 Å². The molecule has 0 aliphatic rings. The number of hydrogen-bond donors (Lipinski definition) is 2. The number of hydrogen-bond acceptors (Lipinski definition) is 5. The number of nitrogens with zero attached hydrogens (tertiary/aromatic N) is 2. The minimum absolute atomic E-state index is 0.199. The number of pyridine rings is 1. The van der Waals surface area contributed by atoms with Crippen LogP contribution in [0.2, 0.25) is 5.02 Å². The third-order valence-electron chi connectivity index (χ3n) is 4.65. The molecule has 0 bridgehead atoms. The van der Waals surface area contributed by atoms with Gasteiger partial charge in [0, 0.05) is 45.3 Å². The Morgan fingerprint density at radius 2 is 1.77 bits per heavy atom. The molecule has 150 valence electrons. The lowest BCUT2D eigenvalue weighted by atomic mass is 10.1. The molecule has 0 saturated carbocycles. The number of benzene rings is 2. The largest absolute Gasteiger partial charge is 0.331 e. The summed E-state index contributed by atoms with van der Waals surface area (Å²) in [7, 11) is 0. The van der Waals surface area contributed by atoms with E-state index in [9.17, 15) is 4.79 Å². The van der Waals surface area contributed by atoms with Crippen molar-refractivity contribution in [3.05, 3.63) is 88.0 Å². The lowest BCUT2D eigenvalue weighted by Crippen LogP contribution is -2.12. The molecule has 1 amide bonds. The molecule has 7 heteroatoms. The highest BCUT2D eigenvalue weighted by molar-refractivity contribution is 7.14. The van der Waals surface area contributed by atoms with E-state index in [2.05, 4.69) is 20.6 Å². The second-order valence-corrected chi connectivity index (χ2v) is 8.11. The molecule has 4 aromatic rings. The second-order valence-electron chi connectivity index (χ2n) is 6.85. The maximum atomic E-state index is 12.7. The van der Waals surface area contributed by atoms with Crippen LogP contribution >= 0.6 is 22.9 Å². The average molecular weight is 435 g/mol. The number of amides is 1. The van der Waals surface area contributed by atoms with Crippen LogP contribution in [0.3, 0.4) is 0 Å². The second kappa shape index (κ2) is 8.65. The maximum absolute atomic E-state index is 12.7. The summed E-state index contributed by atoms with van der Waals surface area (Å²) in [6, 6.07) is 14.9. The first-order chi connectivity index (χ1) is 14.5. The fourth-order valence-electron chi connectivity index (χ4n) is 2.87. The third kappa shape index (κ3) is 4.50. The zero-order chi connectivity index (χ0) is 21.1. The van der Waals surface area contributed by atoms with Crippen molar-refractivity contribution in [2.24, 2.45) is 0 Å². The number of halogens is 1. The summed E-state index contributed by atoms with van der Waals surface area (Å²) in [5.41, 5.74) is 5.92. The molecule has 2 aromatic heterocycles. The van der Waals surface area contributed by atoms with Gasteiger partial charge in [-0.15, -0.1) is 11.3 Å². The topological polar surface area (TPSA) is 66.9 Å². The molecule has 5 nitrogen and oxygen atoms in total. The van der Waals surface area contributed by atoms with Gasteiger partial charge in [-0.3, -0.25) is 9.78 Å². The fourth-order valence-corrected chi connectivity index (χ4v) is 3.79. The summed E-state index contributed by atoms with van der Waals surface area (Å²) in [6.07, 6.45) is 3.49. The van der Waals surface area contributed by atoms with Crippen molar-refractivity contribution < 1.29 is 4.79 Å². The minimum atomic E-state index is -0.199. The molecule has 0 spiro atoms. The molecule has 0 unspecified atom stereocenters. The van der Waals surface area contributed by atoms with Crippen molar-refractivity contribution >= 4 is 45.4 Å². The predicted octanol–water partition coefficient (Wildman–Crippen LogP) is 6.47. The van der Waals surface area contributed by atoms with E-state index in [1.807, 2.05) is 55.6 Å². The highest BCUT2D eigenvalue weighted by Crippen LogP contribution is 2.29. The Morgan fingerprint density at radius 1 is 1.00 bits per heavy atom. The predicted molar refractivity (Wildman–Crippen MR) is 124 cm³/mol. The summed E-state index contributed by atoms with van der Waals surface area (Å²) in [4.78, 5) is 21.4. The number of thiazole rings is 1. The average Bonchev–Trinajstić information content (AvgIpc) is 3.21.